The number of hydrogen-bond acceptors (Lipinski definition) is 2. The van der Waals surface area contributed by atoms with E-state index in [2.05, 4.69) is 32.1 Å². The van der Waals surface area contributed by atoms with Crippen LogP contribution in [0.25, 0.3) is 0 Å². The zero-order chi connectivity index (χ0) is 5.11. The molecule has 0 aromatic carbocycles. The van der Waals surface area contributed by atoms with E-state index in [9.17, 15) is 0 Å². The minimum absolute atomic E-state index is 0. The number of rotatable bonds is 0. The van der Waals surface area contributed by atoms with E-state index in [4.69, 9.17) is 0 Å². The summed E-state index contributed by atoms with van der Waals surface area (Å²) in [6.07, 6.45) is 5.70. The van der Waals surface area contributed by atoms with Crippen molar-refractivity contribution in [3.63, 3.8) is 0 Å². The molecule has 1 aromatic heterocycles. The molecule has 0 aliphatic heterocycles. The molecule has 1 aromatic rings. The Labute approximate surface area is 115 Å². The predicted molar refractivity (Wildman–Crippen MR) is 34.3 cm³/mol. The van der Waals surface area contributed by atoms with E-state index in [0.717, 1.165) is 4.47 Å². The van der Waals surface area contributed by atoms with Crippen LogP contribution in [0.2, 0.25) is 0 Å². The van der Waals surface area contributed by atoms with Gasteiger partial charge in [-0.25, -0.2) is 0 Å². The van der Waals surface area contributed by atoms with E-state index in [-0.39, 0.29) is 66.7 Å². The molecule has 0 unspecified atom stereocenters. The zero-order valence-electron chi connectivity index (χ0n) is 5.89. The Hall–Kier alpha value is 1.50. The molecule has 7 heteroatoms. The topological polar surface area (TPSA) is 25.8 Å². The van der Waals surface area contributed by atoms with Crippen LogP contribution in [0.1, 0.15) is 0 Å². The van der Waals surface area contributed by atoms with Crippen LogP contribution in [0.4, 0.5) is 0 Å². The summed E-state index contributed by atoms with van der Waals surface area (Å²) in [7, 11) is 0. The summed E-state index contributed by atoms with van der Waals surface area (Å²) < 4.78 is 0.787. The molecule has 0 aliphatic carbocycles. The second kappa shape index (κ2) is 14.1. The number of aromatic nitrogens is 2. The zero-order valence-corrected chi connectivity index (χ0v) is 10.4. The van der Waals surface area contributed by atoms with E-state index >= 15 is 0 Å². The average Bonchev–Trinajstić information content (AvgIpc) is 1.69. The molecule has 0 fully saturated rings. The third-order valence-corrected chi connectivity index (χ3v) is 0.866. The normalized spacial score (nSPS) is 5.55. The van der Waals surface area contributed by atoms with Gasteiger partial charge >= 0.3 is 41.9 Å². The van der Waals surface area contributed by atoms with Crippen molar-refractivity contribution in [1.29, 1.82) is 0 Å². The molecule has 0 amide bonds. The summed E-state index contributed by atoms with van der Waals surface area (Å²) in [5.74, 6) is 0. The van der Waals surface area contributed by atoms with Gasteiger partial charge in [0.25, 0.3) is 0 Å². The van der Waals surface area contributed by atoms with Gasteiger partial charge < -0.3 is 34.8 Å². The van der Waals surface area contributed by atoms with Gasteiger partial charge in [0.1, 0.15) is 0 Å². The summed E-state index contributed by atoms with van der Waals surface area (Å²) in [6.45, 7) is 0. The quantitative estimate of drug-likeness (QED) is 0.342. The molecule has 0 spiro atoms. The molecule has 0 atom stereocenters. The average molecular weight is 260 g/mol. The van der Waals surface area contributed by atoms with Crippen molar-refractivity contribution in [2.24, 2.45) is 0 Å². The van der Waals surface area contributed by atoms with Crippen LogP contribution in [0.15, 0.2) is 17.0 Å². The third-order valence-electron chi connectivity index (χ3n) is 0.484. The monoisotopic (exact) mass is 258 g/mol. The molecule has 0 radical (unpaired) electrons. The summed E-state index contributed by atoms with van der Waals surface area (Å²) in [6, 6.07) is 0. The second-order valence-electron chi connectivity index (χ2n) is 0.982. The molecule has 2 nitrogen and oxygen atoms in total. The Kier molecular flexibility index (Phi) is 29.2. The fraction of sp³-hybridized carbons (Fsp3) is 0. The Morgan fingerprint density at radius 1 is 1.36 bits per heavy atom. The molecule has 0 saturated carbocycles. The summed E-state index contributed by atoms with van der Waals surface area (Å²) in [5, 5.41) is 0. The Morgan fingerprint density at radius 3 is 2.09 bits per heavy atom. The number of halogens is 3. The number of nitrogens with zero attached hydrogens (tertiary/aromatic N) is 2. The van der Waals surface area contributed by atoms with Crippen LogP contribution >= 0.6 is 15.9 Å². The first-order chi connectivity index (χ1) is 3.39. The summed E-state index contributed by atoms with van der Waals surface area (Å²) in [4.78, 5) is 7.30. The molecule has 11 heavy (non-hydrogen) atoms. The van der Waals surface area contributed by atoms with Crippen molar-refractivity contribution in [3.8, 4) is 0 Å². The van der Waals surface area contributed by atoms with E-state index in [1.165, 1.54) is 6.33 Å². The minimum Gasteiger partial charge on any atom is -1.00 e. The number of hydrogen-bond donors (Lipinski definition) is 0. The van der Waals surface area contributed by atoms with Crippen LogP contribution < -0.4 is 43.7 Å². The fourth-order valence-electron chi connectivity index (χ4n) is 0.252. The van der Waals surface area contributed by atoms with Crippen molar-refractivity contribution in [2.75, 3.05) is 0 Å². The minimum atomic E-state index is 0. The largest absolute Gasteiger partial charge is 2.00 e. The fourth-order valence-corrected chi connectivity index (χ4v) is 0.472. The van der Waals surface area contributed by atoms with E-state index in [1.54, 1.807) is 6.20 Å². The molecular formula is C4H2BrCl2LiMgN2. The Balaban J connectivity index is -0.0000000612. The maximum Gasteiger partial charge on any atom is 2.00 e. The van der Waals surface area contributed by atoms with Crippen molar-refractivity contribution in [1.82, 2.24) is 9.97 Å². The maximum atomic E-state index is 3.70. The van der Waals surface area contributed by atoms with Gasteiger partial charge in [0.2, 0.25) is 0 Å². The van der Waals surface area contributed by atoms with E-state index in [1.807, 2.05) is 0 Å². The first kappa shape index (κ1) is 22.9. The molecule has 52 valence electrons. The van der Waals surface area contributed by atoms with E-state index in [0.29, 0.717) is 0 Å². The third kappa shape index (κ3) is 11.5. The van der Waals surface area contributed by atoms with Crippen LogP contribution in [0.3, 0.4) is 0 Å². The molecule has 0 aliphatic rings. The Morgan fingerprint density at radius 2 is 1.91 bits per heavy atom. The second-order valence-corrected chi connectivity index (χ2v) is 1.84. The van der Waals surface area contributed by atoms with Gasteiger partial charge in [0.15, 0.2) is 0 Å². The smallest absolute Gasteiger partial charge is 1.00 e. The van der Waals surface area contributed by atoms with Crippen LogP contribution in [-0.4, -0.2) is 33.0 Å². The van der Waals surface area contributed by atoms with Crippen molar-refractivity contribution in [2.45, 2.75) is 0 Å². The standard InChI is InChI=1S/C4H2BrN2.2ClH.Li.Mg/c5-4-1-6-3-7-2-4;;;;/h1,3H;2*1H;;/q-1;;;+1;+2/p-2. The van der Waals surface area contributed by atoms with E-state index < -0.39 is 0 Å². The van der Waals surface area contributed by atoms with Gasteiger partial charge in [-0.15, -0.1) is 0 Å². The van der Waals surface area contributed by atoms with Crippen molar-refractivity contribution < 1.29 is 43.7 Å². The van der Waals surface area contributed by atoms with Crippen LogP contribution in [0, 0.1) is 6.20 Å². The molecule has 0 saturated heterocycles. The molecular weight excluding hydrogens is 258 g/mol. The van der Waals surface area contributed by atoms with Gasteiger partial charge in [-0.1, -0.05) is 32.8 Å². The van der Waals surface area contributed by atoms with Crippen LogP contribution in [0.5, 0.6) is 0 Å². The summed E-state index contributed by atoms with van der Waals surface area (Å²) >= 11 is 3.13. The molecule has 0 N–H and O–H groups in total. The predicted octanol–water partition coefficient (Wildman–Crippen LogP) is -8.33. The van der Waals surface area contributed by atoms with Gasteiger partial charge in [0.05, 0.1) is 0 Å². The molecule has 1 rings (SSSR count). The molecule has 0 bridgehead atoms. The van der Waals surface area contributed by atoms with Gasteiger partial charge in [0, 0.05) is 0 Å². The van der Waals surface area contributed by atoms with Gasteiger partial charge in [-0.2, -0.15) is 0 Å². The summed E-state index contributed by atoms with van der Waals surface area (Å²) in [5.41, 5.74) is 0. The van der Waals surface area contributed by atoms with Gasteiger partial charge in [-0.05, 0) is 6.33 Å². The SMILES string of the molecule is Brc1[c-]ncnc1.[Cl-].[Cl-].[Li+].[Mg+2]. The maximum absolute atomic E-state index is 3.70. The molecule has 1 heterocycles. The Bertz CT molecular complexity index is 156. The van der Waals surface area contributed by atoms with Crippen molar-refractivity contribution >= 4 is 39.0 Å². The van der Waals surface area contributed by atoms with Crippen molar-refractivity contribution in [3.05, 3.63) is 23.2 Å². The first-order valence-electron chi connectivity index (χ1n) is 1.73. The van der Waals surface area contributed by atoms with Crippen LogP contribution in [-0.2, 0) is 0 Å². The van der Waals surface area contributed by atoms with Gasteiger partial charge in [-0.3, -0.25) is 0 Å². The first-order valence-corrected chi connectivity index (χ1v) is 2.52.